The van der Waals surface area contributed by atoms with Crippen molar-refractivity contribution in [3.8, 4) is 10.6 Å². The Morgan fingerprint density at radius 3 is 2.80 bits per heavy atom. The van der Waals surface area contributed by atoms with Crippen LogP contribution in [-0.2, 0) is 17.6 Å². The van der Waals surface area contributed by atoms with Crippen molar-refractivity contribution in [2.75, 3.05) is 10.6 Å². The first-order valence-corrected chi connectivity index (χ1v) is 11.8. The van der Waals surface area contributed by atoms with Gasteiger partial charge in [0.1, 0.15) is 15.7 Å². The average molecular weight is 502 g/mol. The van der Waals surface area contributed by atoms with Crippen LogP contribution in [0.2, 0.25) is 0 Å². The van der Waals surface area contributed by atoms with Crippen molar-refractivity contribution in [2.24, 2.45) is 0 Å². The molecule has 1 aliphatic rings. The predicted molar refractivity (Wildman–Crippen MR) is 124 cm³/mol. The molecule has 0 aliphatic heterocycles. The molecule has 3 N–H and O–H groups in total. The number of hydrogen-bond acceptors (Lipinski definition) is 6. The highest BCUT2D eigenvalue weighted by molar-refractivity contribution is 9.10. The molecular formula is C20H16BrN5O2S2. The smallest absolute Gasteiger partial charge is 0.275 e. The monoisotopic (exact) mass is 501 g/mol. The summed E-state index contributed by atoms with van der Waals surface area (Å²) in [6.07, 6.45) is 3.14. The highest BCUT2D eigenvalue weighted by Gasteiger charge is 2.27. The quantitative estimate of drug-likeness (QED) is 0.357. The molecular weight excluding hydrogens is 486 g/mol. The Hall–Kier alpha value is -2.56. The summed E-state index contributed by atoms with van der Waals surface area (Å²) in [4.78, 5) is 30.4. The molecule has 3 aromatic heterocycles. The number of anilines is 2. The van der Waals surface area contributed by atoms with Gasteiger partial charge in [0.15, 0.2) is 5.82 Å². The lowest BCUT2D eigenvalue weighted by Gasteiger charge is -2.06. The van der Waals surface area contributed by atoms with Gasteiger partial charge in [0, 0.05) is 17.4 Å². The van der Waals surface area contributed by atoms with E-state index >= 15 is 0 Å². The molecule has 0 atom stereocenters. The van der Waals surface area contributed by atoms with Gasteiger partial charge in [0.05, 0.1) is 14.7 Å². The molecule has 10 heteroatoms. The minimum atomic E-state index is -0.326. The highest BCUT2D eigenvalue weighted by Crippen LogP contribution is 2.47. The number of carbonyl (C=O) groups excluding carboxylic acids is 2. The van der Waals surface area contributed by atoms with Crippen LogP contribution in [0, 0.1) is 0 Å². The van der Waals surface area contributed by atoms with Gasteiger partial charge in [-0.05, 0) is 52.9 Å². The van der Waals surface area contributed by atoms with Crippen molar-refractivity contribution < 1.29 is 9.59 Å². The second-order valence-electron chi connectivity index (χ2n) is 6.94. The maximum Gasteiger partial charge on any atom is 0.275 e. The fraction of sp³-hybridized carbons (Fsp3) is 0.200. The van der Waals surface area contributed by atoms with E-state index < -0.39 is 0 Å². The molecule has 0 unspecified atom stereocenters. The highest BCUT2D eigenvalue weighted by atomic mass is 79.9. The molecule has 2 amide bonds. The summed E-state index contributed by atoms with van der Waals surface area (Å²) in [5.41, 5.74) is 3.53. The zero-order valence-corrected chi connectivity index (χ0v) is 19.1. The van der Waals surface area contributed by atoms with Gasteiger partial charge in [0.2, 0.25) is 5.91 Å². The summed E-state index contributed by atoms with van der Waals surface area (Å²) in [5, 5.41) is 14.0. The third-order valence-electron chi connectivity index (χ3n) is 4.88. The van der Waals surface area contributed by atoms with Crippen molar-refractivity contribution in [3.05, 3.63) is 44.9 Å². The van der Waals surface area contributed by atoms with Crippen molar-refractivity contribution in [3.63, 3.8) is 0 Å². The van der Waals surface area contributed by atoms with Crippen LogP contribution in [0.3, 0.4) is 0 Å². The topological polar surface area (TPSA) is 99.8 Å². The van der Waals surface area contributed by atoms with Gasteiger partial charge < -0.3 is 10.6 Å². The molecule has 0 radical (unpaired) electrons. The van der Waals surface area contributed by atoms with E-state index in [1.54, 1.807) is 22.7 Å². The van der Waals surface area contributed by atoms with E-state index in [9.17, 15) is 9.59 Å². The number of thiophene rings is 1. The van der Waals surface area contributed by atoms with Crippen LogP contribution in [0.15, 0.2) is 28.7 Å². The molecule has 1 aliphatic carbocycles. The Balaban J connectivity index is 1.52. The Bertz CT molecular complexity index is 1270. The van der Waals surface area contributed by atoms with E-state index in [1.165, 1.54) is 17.4 Å². The summed E-state index contributed by atoms with van der Waals surface area (Å²) in [6.45, 7) is 1.39. The molecule has 30 heavy (non-hydrogen) atoms. The number of nitrogens with zero attached hydrogens (tertiary/aromatic N) is 2. The van der Waals surface area contributed by atoms with Crippen molar-refractivity contribution in [1.29, 1.82) is 0 Å². The fourth-order valence-electron chi connectivity index (χ4n) is 3.59. The molecule has 7 nitrogen and oxygen atoms in total. The summed E-state index contributed by atoms with van der Waals surface area (Å²) in [7, 11) is 0. The average Bonchev–Trinajstić information content (AvgIpc) is 3.45. The number of amides is 2. The van der Waals surface area contributed by atoms with E-state index in [-0.39, 0.29) is 23.3 Å². The zero-order chi connectivity index (χ0) is 20.8. The lowest BCUT2D eigenvalue weighted by atomic mass is 10.1. The number of fused-ring (bicyclic) bond motifs is 2. The molecule has 0 spiro atoms. The summed E-state index contributed by atoms with van der Waals surface area (Å²) < 4.78 is 1.54. The number of aryl methyl sites for hydroxylation is 1. The number of aromatic nitrogens is 3. The van der Waals surface area contributed by atoms with Gasteiger partial charge in [-0.3, -0.25) is 14.7 Å². The number of para-hydroxylation sites is 1. The first-order chi connectivity index (χ1) is 14.5. The molecule has 1 aromatic carbocycles. The van der Waals surface area contributed by atoms with Crippen LogP contribution in [0.5, 0.6) is 0 Å². The summed E-state index contributed by atoms with van der Waals surface area (Å²) in [5.74, 6) is -0.303. The second-order valence-corrected chi connectivity index (χ2v) is 9.87. The second kappa shape index (κ2) is 7.60. The van der Waals surface area contributed by atoms with Crippen LogP contribution in [0.1, 0.15) is 34.3 Å². The summed E-state index contributed by atoms with van der Waals surface area (Å²) >= 11 is 6.60. The van der Waals surface area contributed by atoms with E-state index in [4.69, 9.17) is 4.98 Å². The molecule has 0 saturated carbocycles. The number of thiazole rings is 1. The predicted octanol–water partition coefficient (Wildman–Crippen LogP) is 5.21. The Morgan fingerprint density at radius 2 is 2.00 bits per heavy atom. The van der Waals surface area contributed by atoms with Gasteiger partial charge in [-0.15, -0.1) is 22.7 Å². The fourth-order valence-corrected chi connectivity index (χ4v) is 6.44. The zero-order valence-electron chi connectivity index (χ0n) is 15.8. The first-order valence-electron chi connectivity index (χ1n) is 9.34. The minimum Gasteiger partial charge on any atom is -0.312 e. The van der Waals surface area contributed by atoms with Crippen LogP contribution in [0.4, 0.5) is 10.8 Å². The third-order valence-corrected chi connectivity index (χ3v) is 7.92. The van der Waals surface area contributed by atoms with Gasteiger partial charge >= 0.3 is 0 Å². The van der Waals surface area contributed by atoms with Gasteiger partial charge in [-0.25, -0.2) is 4.98 Å². The minimum absolute atomic E-state index is 0.252. The lowest BCUT2D eigenvalue weighted by Crippen LogP contribution is -2.13. The van der Waals surface area contributed by atoms with Crippen molar-refractivity contribution >= 4 is 71.5 Å². The number of benzene rings is 1. The number of hydrogen-bond donors (Lipinski definition) is 3. The van der Waals surface area contributed by atoms with Crippen LogP contribution in [-0.4, -0.2) is 27.0 Å². The molecule has 152 valence electrons. The SMILES string of the molecule is CC(=O)Nc1n[nH]c(C(=O)Nc2sc3c(c2-c2nc4ccccc4s2)CCC3)c1Br. The lowest BCUT2D eigenvalue weighted by molar-refractivity contribution is -0.114. The number of aromatic amines is 1. The van der Waals surface area contributed by atoms with Gasteiger partial charge in [-0.1, -0.05) is 12.1 Å². The van der Waals surface area contributed by atoms with E-state index in [1.807, 2.05) is 18.2 Å². The number of carbonyl (C=O) groups is 2. The normalized spacial score (nSPS) is 12.9. The summed E-state index contributed by atoms with van der Waals surface area (Å²) in [6, 6.07) is 8.06. The number of halogens is 1. The van der Waals surface area contributed by atoms with Crippen LogP contribution in [0.25, 0.3) is 20.8 Å². The van der Waals surface area contributed by atoms with E-state index in [0.29, 0.717) is 4.47 Å². The van der Waals surface area contributed by atoms with Crippen LogP contribution >= 0.6 is 38.6 Å². The maximum atomic E-state index is 13.0. The van der Waals surface area contributed by atoms with Gasteiger partial charge in [0.25, 0.3) is 5.91 Å². The van der Waals surface area contributed by atoms with Crippen molar-refractivity contribution in [2.45, 2.75) is 26.2 Å². The standard InChI is InChI=1S/C20H16BrN5O2S2/c1-9(27)22-17-15(21)16(25-26-17)18(28)24-20-14(10-5-4-8-12(10)29-20)19-23-11-6-2-3-7-13(11)30-19/h2-3,6-7H,4-5,8H2,1H3,(H,24,28)(H2,22,25,26,27). The third kappa shape index (κ3) is 3.34. The number of nitrogens with one attached hydrogen (secondary N) is 3. The molecule has 0 bridgehead atoms. The first kappa shape index (κ1) is 19.4. The number of rotatable bonds is 4. The van der Waals surface area contributed by atoms with Crippen molar-refractivity contribution in [1.82, 2.24) is 15.2 Å². The largest absolute Gasteiger partial charge is 0.312 e. The van der Waals surface area contributed by atoms with Crippen LogP contribution < -0.4 is 10.6 Å². The Kier molecular flexibility index (Phi) is 4.92. The maximum absolute atomic E-state index is 13.0. The molecule has 0 fully saturated rings. The molecule has 3 heterocycles. The Morgan fingerprint density at radius 1 is 1.17 bits per heavy atom. The number of H-pyrrole nitrogens is 1. The molecule has 0 saturated heterocycles. The Labute approximate surface area is 188 Å². The van der Waals surface area contributed by atoms with E-state index in [2.05, 4.69) is 42.8 Å². The van der Waals surface area contributed by atoms with E-state index in [0.717, 1.165) is 45.1 Å². The molecule has 4 aromatic rings. The van der Waals surface area contributed by atoms with Gasteiger partial charge in [-0.2, -0.15) is 5.10 Å². The molecule has 5 rings (SSSR count).